The molecule has 1 aliphatic rings. The molecule has 6 heteroatoms. The second kappa shape index (κ2) is 8.30. The standard InChI is InChI=1S/C26H24N2O3S/c1-20-12-14-24(15-13-20)32(29,30)28-18-17-27-16-6-11-25(27)26(28)21-7-5-10-23(19-21)31-22-8-3-2-4-9-22/h2-16,19,26H,17-18H2,1H3. The molecule has 0 saturated carbocycles. The summed E-state index contributed by atoms with van der Waals surface area (Å²) in [6, 6.07) is 27.8. The van der Waals surface area contributed by atoms with E-state index in [-0.39, 0.29) is 0 Å². The van der Waals surface area contributed by atoms with E-state index in [4.69, 9.17) is 4.74 Å². The molecule has 0 saturated heterocycles. The maximum absolute atomic E-state index is 13.7. The number of aryl methyl sites for hydroxylation is 1. The predicted molar refractivity (Wildman–Crippen MR) is 124 cm³/mol. The lowest BCUT2D eigenvalue weighted by atomic mass is 10.0. The van der Waals surface area contributed by atoms with Gasteiger partial charge in [-0.3, -0.25) is 0 Å². The maximum atomic E-state index is 13.7. The molecule has 0 fully saturated rings. The lowest BCUT2D eigenvalue weighted by Crippen LogP contribution is -2.42. The molecule has 3 aromatic carbocycles. The summed E-state index contributed by atoms with van der Waals surface area (Å²) in [5, 5.41) is 0. The van der Waals surface area contributed by atoms with E-state index < -0.39 is 16.1 Å². The fraction of sp³-hybridized carbons (Fsp3) is 0.154. The van der Waals surface area contributed by atoms with Gasteiger partial charge in [0.2, 0.25) is 10.0 Å². The van der Waals surface area contributed by atoms with E-state index in [0.29, 0.717) is 23.7 Å². The summed E-state index contributed by atoms with van der Waals surface area (Å²) in [5.74, 6) is 1.41. The Morgan fingerprint density at radius 1 is 0.812 bits per heavy atom. The number of ether oxygens (including phenoxy) is 1. The van der Waals surface area contributed by atoms with Crippen molar-refractivity contribution in [3.05, 3.63) is 114 Å². The first-order valence-corrected chi connectivity index (χ1v) is 12.0. The van der Waals surface area contributed by atoms with Gasteiger partial charge in [-0.1, -0.05) is 48.0 Å². The topological polar surface area (TPSA) is 51.5 Å². The minimum Gasteiger partial charge on any atom is -0.457 e. The van der Waals surface area contributed by atoms with E-state index in [2.05, 4.69) is 4.57 Å². The van der Waals surface area contributed by atoms with Gasteiger partial charge in [-0.15, -0.1) is 0 Å². The van der Waals surface area contributed by atoms with Gasteiger partial charge >= 0.3 is 0 Å². The Bertz CT molecular complexity index is 1330. The zero-order valence-electron chi connectivity index (χ0n) is 17.8. The molecule has 162 valence electrons. The van der Waals surface area contributed by atoms with Crippen molar-refractivity contribution in [3.63, 3.8) is 0 Å². The number of nitrogens with zero attached hydrogens (tertiary/aromatic N) is 2. The fourth-order valence-corrected chi connectivity index (χ4v) is 5.76. The lowest BCUT2D eigenvalue weighted by molar-refractivity contribution is 0.298. The Labute approximate surface area is 188 Å². The Kier molecular flexibility index (Phi) is 5.33. The van der Waals surface area contributed by atoms with Crippen LogP contribution in [0.3, 0.4) is 0 Å². The van der Waals surface area contributed by atoms with Crippen LogP contribution in [-0.2, 0) is 16.6 Å². The fourth-order valence-electron chi connectivity index (χ4n) is 4.18. The molecule has 5 rings (SSSR count). The number of rotatable bonds is 5. The van der Waals surface area contributed by atoms with Crippen molar-refractivity contribution in [2.75, 3.05) is 6.54 Å². The quantitative estimate of drug-likeness (QED) is 0.415. The third-order valence-electron chi connectivity index (χ3n) is 5.77. The minimum absolute atomic E-state index is 0.310. The molecule has 5 nitrogen and oxygen atoms in total. The highest BCUT2D eigenvalue weighted by molar-refractivity contribution is 7.89. The SMILES string of the molecule is Cc1ccc(S(=O)(=O)N2CCn3cccc3C2c2cccc(Oc3ccccc3)c2)cc1. The molecule has 0 amide bonds. The van der Waals surface area contributed by atoms with E-state index in [1.807, 2.05) is 92.0 Å². The number of aromatic nitrogens is 1. The van der Waals surface area contributed by atoms with Gasteiger partial charge in [0.25, 0.3) is 0 Å². The number of sulfonamides is 1. The number of benzene rings is 3. The zero-order valence-corrected chi connectivity index (χ0v) is 18.6. The first-order valence-electron chi connectivity index (χ1n) is 10.6. The van der Waals surface area contributed by atoms with Crippen molar-refractivity contribution < 1.29 is 13.2 Å². The van der Waals surface area contributed by atoms with Crippen LogP contribution in [0.1, 0.15) is 22.9 Å². The molecule has 32 heavy (non-hydrogen) atoms. The van der Waals surface area contributed by atoms with Gasteiger partial charge < -0.3 is 9.30 Å². The smallest absolute Gasteiger partial charge is 0.244 e. The predicted octanol–water partition coefficient (Wildman–Crippen LogP) is 5.38. The van der Waals surface area contributed by atoms with Gasteiger partial charge in [-0.2, -0.15) is 4.31 Å². The second-order valence-corrected chi connectivity index (χ2v) is 9.84. The van der Waals surface area contributed by atoms with Crippen LogP contribution in [0.2, 0.25) is 0 Å². The average molecular weight is 445 g/mol. The summed E-state index contributed by atoms with van der Waals surface area (Å²) in [6.45, 7) is 2.96. The summed E-state index contributed by atoms with van der Waals surface area (Å²) in [6.07, 6.45) is 2.00. The molecule has 1 atom stereocenters. The van der Waals surface area contributed by atoms with E-state index in [1.54, 1.807) is 16.4 Å². The highest BCUT2D eigenvalue weighted by Gasteiger charge is 2.37. The molecule has 4 aromatic rings. The van der Waals surface area contributed by atoms with Gasteiger partial charge in [0, 0.05) is 25.0 Å². The van der Waals surface area contributed by atoms with Gasteiger partial charge in [-0.05, 0) is 61.0 Å². The molecule has 0 N–H and O–H groups in total. The van der Waals surface area contributed by atoms with Crippen molar-refractivity contribution in [1.82, 2.24) is 8.87 Å². The molecule has 0 aliphatic carbocycles. The molecule has 1 aliphatic heterocycles. The van der Waals surface area contributed by atoms with Crippen molar-refractivity contribution in [3.8, 4) is 11.5 Å². The van der Waals surface area contributed by atoms with Crippen molar-refractivity contribution in [1.29, 1.82) is 0 Å². The molecule has 1 unspecified atom stereocenters. The second-order valence-electron chi connectivity index (χ2n) is 7.95. The van der Waals surface area contributed by atoms with Crippen LogP contribution >= 0.6 is 0 Å². The van der Waals surface area contributed by atoms with Crippen LogP contribution in [0, 0.1) is 6.92 Å². The molecular formula is C26H24N2O3S. The number of hydrogen-bond acceptors (Lipinski definition) is 3. The summed E-state index contributed by atoms with van der Waals surface area (Å²) in [7, 11) is -3.69. The molecule has 1 aromatic heterocycles. The Morgan fingerprint density at radius 3 is 2.34 bits per heavy atom. The van der Waals surface area contributed by atoms with E-state index in [1.165, 1.54) is 0 Å². The van der Waals surface area contributed by atoms with Crippen molar-refractivity contribution in [2.24, 2.45) is 0 Å². The van der Waals surface area contributed by atoms with Crippen LogP contribution < -0.4 is 4.74 Å². The van der Waals surface area contributed by atoms with Crippen LogP contribution in [0.25, 0.3) is 0 Å². The molecular weight excluding hydrogens is 420 g/mol. The summed E-state index contributed by atoms with van der Waals surface area (Å²) < 4.78 is 37.1. The minimum atomic E-state index is -3.69. The summed E-state index contributed by atoms with van der Waals surface area (Å²) >= 11 is 0. The summed E-state index contributed by atoms with van der Waals surface area (Å²) in [4.78, 5) is 0.310. The Morgan fingerprint density at radius 2 is 1.56 bits per heavy atom. The van der Waals surface area contributed by atoms with Crippen molar-refractivity contribution >= 4 is 10.0 Å². The molecule has 2 heterocycles. The largest absolute Gasteiger partial charge is 0.457 e. The van der Waals surface area contributed by atoms with E-state index in [9.17, 15) is 8.42 Å². The molecule has 0 bridgehead atoms. The number of para-hydroxylation sites is 1. The van der Waals surface area contributed by atoms with Gasteiger partial charge in [-0.25, -0.2) is 8.42 Å². The third kappa shape index (κ3) is 3.83. The van der Waals surface area contributed by atoms with Crippen LogP contribution in [0.5, 0.6) is 11.5 Å². The van der Waals surface area contributed by atoms with Crippen LogP contribution in [-0.4, -0.2) is 23.8 Å². The van der Waals surface area contributed by atoms with Crippen LogP contribution in [0.4, 0.5) is 0 Å². The van der Waals surface area contributed by atoms with Gasteiger partial charge in [0.15, 0.2) is 0 Å². The lowest BCUT2D eigenvalue weighted by Gasteiger charge is -2.36. The monoisotopic (exact) mass is 444 g/mol. The van der Waals surface area contributed by atoms with Crippen LogP contribution in [0.15, 0.2) is 102 Å². The normalized spacial score (nSPS) is 16.5. The number of fused-ring (bicyclic) bond motifs is 1. The first-order chi connectivity index (χ1) is 15.5. The summed E-state index contributed by atoms with van der Waals surface area (Å²) in [5.41, 5.74) is 2.84. The average Bonchev–Trinajstić information content (AvgIpc) is 3.28. The zero-order chi connectivity index (χ0) is 22.1. The van der Waals surface area contributed by atoms with E-state index in [0.717, 1.165) is 22.6 Å². The highest BCUT2D eigenvalue weighted by atomic mass is 32.2. The first kappa shape index (κ1) is 20.5. The van der Waals surface area contributed by atoms with Crippen molar-refractivity contribution in [2.45, 2.75) is 24.4 Å². The maximum Gasteiger partial charge on any atom is 0.244 e. The number of hydrogen-bond donors (Lipinski definition) is 0. The van der Waals surface area contributed by atoms with Gasteiger partial charge in [0.1, 0.15) is 11.5 Å². The van der Waals surface area contributed by atoms with E-state index >= 15 is 0 Å². The molecule has 0 spiro atoms. The highest BCUT2D eigenvalue weighted by Crippen LogP contribution is 2.38. The Balaban J connectivity index is 1.57. The Hall–Kier alpha value is -3.35. The molecule has 0 radical (unpaired) electrons. The third-order valence-corrected chi connectivity index (χ3v) is 7.65. The van der Waals surface area contributed by atoms with Gasteiger partial charge in [0.05, 0.1) is 10.9 Å².